The first kappa shape index (κ1) is 9.70. The summed E-state index contributed by atoms with van der Waals surface area (Å²) in [4.78, 5) is 0. The van der Waals surface area contributed by atoms with Crippen LogP contribution in [0.3, 0.4) is 0 Å². The van der Waals surface area contributed by atoms with Crippen molar-refractivity contribution < 1.29 is 4.74 Å². The van der Waals surface area contributed by atoms with Gasteiger partial charge < -0.3 is 4.74 Å². The maximum atomic E-state index is 5.97. The lowest BCUT2D eigenvalue weighted by Gasteiger charge is -2.44. The van der Waals surface area contributed by atoms with Gasteiger partial charge in [0.15, 0.2) is 0 Å². The van der Waals surface area contributed by atoms with Crippen molar-refractivity contribution in [3.63, 3.8) is 0 Å². The largest absolute Gasteiger partial charge is 0.378 e. The zero-order valence-electron chi connectivity index (χ0n) is 10.4. The number of rotatable bonds is 2. The predicted molar refractivity (Wildman–Crippen MR) is 64.0 cm³/mol. The van der Waals surface area contributed by atoms with Crippen LogP contribution >= 0.6 is 0 Å². The van der Waals surface area contributed by atoms with E-state index in [-0.39, 0.29) is 5.60 Å². The third-order valence-electron chi connectivity index (χ3n) is 6.44. The minimum Gasteiger partial charge on any atom is -0.378 e. The molecule has 0 amide bonds. The number of methoxy groups -OCH3 is 1. The van der Waals surface area contributed by atoms with Crippen LogP contribution < -0.4 is 0 Å². The number of fused-ring (bicyclic) bond motifs is 9. The molecule has 0 radical (unpaired) electrons. The minimum absolute atomic E-state index is 0.254. The lowest BCUT2D eigenvalue weighted by atomic mass is 9.66. The van der Waals surface area contributed by atoms with E-state index in [9.17, 15) is 0 Å². The molecule has 0 aromatic carbocycles. The highest BCUT2D eigenvalue weighted by atomic mass is 16.5. The van der Waals surface area contributed by atoms with E-state index in [2.05, 4.69) is 19.1 Å². The summed E-state index contributed by atoms with van der Waals surface area (Å²) >= 11 is 0. The average molecular weight is 218 g/mol. The van der Waals surface area contributed by atoms with E-state index in [1.807, 2.05) is 7.11 Å². The molecule has 0 aromatic heterocycles. The Morgan fingerprint density at radius 1 is 1.19 bits per heavy atom. The fourth-order valence-electron chi connectivity index (χ4n) is 5.94. The summed E-state index contributed by atoms with van der Waals surface area (Å²) in [6.07, 6.45) is 10.5. The summed E-state index contributed by atoms with van der Waals surface area (Å²) < 4.78 is 5.97. The van der Waals surface area contributed by atoms with Gasteiger partial charge in [0.2, 0.25) is 0 Å². The van der Waals surface area contributed by atoms with Crippen molar-refractivity contribution in [2.24, 2.45) is 35.5 Å². The monoisotopic (exact) mass is 218 g/mol. The Kier molecular flexibility index (Phi) is 1.78. The van der Waals surface area contributed by atoms with E-state index >= 15 is 0 Å². The van der Waals surface area contributed by atoms with Crippen LogP contribution in [0.25, 0.3) is 0 Å². The summed E-state index contributed by atoms with van der Waals surface area (Å²) in [7, 11) is 1.95. The van der Waals surface area contributed by atoms with Gasteiger partial charge in [-0.25, -0.2) is 0 Å². The number of hydrogen-bond acceptors (Lipinski definition) is 1. The quantitative estimate of drug-likeness (QED) is 0.510. The second-order valence-corrected chi connectivity index (χ2v) is 6.53. The van der Waals surface area contributed by atoms with Crippen molar-refractivity contribution >= 4 is 0 Å². The van der Waals surface area contributed by atoms with Gasteiger partial charge in [-0.15, -0.1) is 0 Å². The van der Waals surface area contributed by atoms with Crippen molar-refractivity contribution in [1.82, 2.24) is 0 Å². The molecule has 16 heavy (non-hydrogen) atoms. The summed E-state index contributed by atoms with van der Waals surface area (Å²) in [5.41, 5.74) is 0.254. The first-order valence-corrected chi connectivity index (χ1v) is 7.02. The van der Waals surface area contributed by atoms with Crippen molar-refractivity contribution in [2.75, 3.05) is 7.11 Å². The molecule has 4 aliphatic rings. The van der Waals surface area contributed by atoms with E-state index in [1.54, 1.807) is 0 Å². The van der Waals surface area contributed by atoms with Crippen molar-refractivity contribution in [2.45, 2.75) is 38.2 Å². The van der Waals surface area contributed by atoms with Crippen molar-refractivity contribution in [3.05, 3.63) is 12.2 Å². The van der Waals surface area contributed by atoms with Gasteiger partial charge in [0.25, 0.3) is 0 Å². The highest BCUT2D eigenvalue weighted by Gasteiger charge is 2.65. The molecule has 0 aliphatic heterocycles. The molecule has 4 bridgehead atoms. The van der Waals surface area contributed by atoms with Gasteiger partial charge in [-0.05, 0) is 61.2 Å². The first-order chi connectivity index (χ1) is 7.79. The summed E-state index contributed by atoms with van der Waals surface area (Å²) in [6.45, 7) is 2.32. The molecule has 0 heterocycles. The van der Waals surface area contributed by atoms with Gasteiger partial charge in [-0.2, -0.15) is 0 Å². The molecule has 4 rings (SSSR count). The van der Waals surface area contributed by atoms with Gasteiger partial charge in [0, 0.05) is 7.11 Å². The first-order valence-electron chi connectivity index (χ1n) is 7.02. The maximum absolute atomic E-state index is 5.97. The lowest BCUT2D eigenvalue weighted by Crippen LogP contribution is -2.45. The lowest BCUT2D eigenvalue weighted by molar-refractivity contribution is -0.0883. The molecule has 7 atom stereocenters. The molecule has 3 fully saturated rings. The van der Waals surface area contributed by atoms with Gasteiger partial charge in [0.05, 0.1) is 5.60 Å². The summed E-state index contributed by atoms with van der Waals surface area (Å²) in [5, 5.41) is 0. The van der Waals surface area contributed by atoms with Crippen LogP contribution in [0.15, 0.2) is 12.2 Å². The van der Waals surface area contributed by atoms with Crippen molar-refractivity contribution in [3.8, 4) is 0 Å². The SMILES string of the molecule is CCC1(OC)CC2CC1C1C3C=CC(C3)C21. The highest BCUT2D eigenvalue weighted by molar-refractivity contribution is 5.23. The fraction of sp³-hybridized carbons (Fsp3) is 0.867. The standard InChI is InChI=1S/C15H22O/c1-3-15(16-2)8-11-7-12(15)14-10-5-4-9(6-10)13(11)14/h4-5,9-14H,3,6-8H2,1-2H3. The Morgan fingerprint density at radius 2 is 1.94 bits per heavy atom. The molecule has 1 heteroatoms. The third kappa shape index (κ3) is 0.895. The molecular formula is C15H22O. The molecule has 1 nitrogen and oxygen atoms in total. The van der Waals surface area contributed by atoms with Gasteiger partial charge in [-0.3, -0.25) is 0 Å². The van der Waals surface area contributed by atoms with E-state index in [0.29, 0.717) is 0 Å². The van der Waals surface area contributed by atoms with Crippen LogP contribution in [-0.4, -0.2) is 12.7 Å². The van der Waals surface area contributed by atoms with Crippen LogP contribution in [0.4, 0.5) is 0 Å². The van der Waals surface area contributed by atoms with E-state index in [0.717, 1.165) is 35.5 Å². The molecule has 0 spiro atoms. The zero-order chi connectivity index (χ0) is 10.9. The van der Waals surface area contributed by atoms with Crippen LogP contribution in [0.1, 0.15) is 32.6 Å². The molecule has 3 saturated carbocycles. The molecule has 7 unspecified atom stereocenters. The normalized spacial score (nSPS) is 60.9. The van der Waals surface area contributed by atoms with Gasteiger partial charge in [0.1, 0.15) is 0 Å². The second-order valence-electron chi connectivity index (χ2n) is 6.53. The number of hydrogen-bond donors (Lipinski definition) is 0. The smallest absolute Gasteiger partial charge is 0.0710 e. The van der Waals surface area contributed by atoms with Crippen molar-refractivity contribution in [1.29, 1.82) is 0 Å². The summed E-state index contributed by atoms with van der Waals surface area (Å²) in [6, 6.07) is 0. The average Bonchev–Trinajstić information content (AvgIpc) is 3.05. The highest BCUT2D eigenvalue weighted by Crippen LogP contribution is 2.69. The maximum Gasteiger partial charge on any atom is 0.0710 e. The van der Waals surface area contributed by atoms with Crippen LogP contribution in [0, 0.1) is 35.5 Å². The summed E-state index contributed by atoms with van der Waals surface area (Å²) in [5.74, 6) is 5.72. The third-order valence-corrected chi connectivity index (χ3v) is 6.44. The molecular weight excluding hydrogens is 196 g/mol. The van der Waals surface area contributed by atoms with E-state index in [4.69, 9.17) is 4.74 Å². The Morgan fingerprint density at radius 3 is 2.62 bits per heavy atom. The molecule has 0 aromatic rings. The van der Waals surface area contributed by atoms with Gasteiger partial charge >= 0.3 is 0 Å². The predicted octanol–water partition coefficient (Wildman–Crippen LogP) is 3.26. The zero-order valence-corrected chi connectivity index (χ0v) is 10.4. The Labute approximate surface area is 98.2 Å². The number of allylic oxidation sites excluding steroid dienone is 2. The molecule has 0 saturated heterocycles. The number of ether oxygens (including phenoxy) is 1. The molecule has 0 N–H and O–H groups in total. The van der Waals surface area contributed by atoms with Crippen LogP contribution in [-0.2, 0) is 4.74 Å². The molecule has 4 aliphatic carbocycles. The van der Waals surface area contributed by atoms with Crippen LogP contribution in [0.2, 0.25) is 0 Å². The van der Waals surface area contributed by atoms with E-state index in [1.165, 1.54) is 25.7 Å². The second kappa shape index (κ2) is 2.93. The minimum atomic E-state index is 0.254. The Bertz CT molecular complexity index is 341. The Hall–Kier alpha value is -0.300. The Balaban J connectivity index is 1.73. The fourth-order valence-corrected chi connectivity index (χ4v) is 5.94. The molecule has 88 valence electrons. The van der Waals surface area contributed by atoms with Gasteiger partial charge in [-0.1, -0.05) is 19.1 Å². The van der Waals surface area contributed by atoms with Crippen LogP contribution in [0.5, 0.6) is 0 Å². The van der Waals surface area contributed by atoms with E-state index < -0.39 is 0 Å². The topological polar surface area (TPSA) is 9.23 Å².